The van der Waals surface area contributed by atoms with Crippen LogP contribution in [0.2, 0.25) is 0 Å². The van der Waals surface area contributed by atoms with E-state index in [4.69, 9.17) is 4.74 Å². The molecule has 0 N–H and O–H groups in total. The summed E-state index contributed by atoms with van der Waals surface area (Å²) >= 11 is 0. The Morgan fingerprint density at radius 1 is 0.846 bits per heavy atom. The van der Waals surface area contributed by atoms with Crippen LogP contribution in [-0.4, -0.2) is 12.3 Å². The Balaban J connectivity index is 1.27. The van der Waals surface area contributed by atoms with Gasteiger partial charge in [0.2, 0.25) is 0 Å². The number of rotatable bonds is 8. The van der Waals surface area contributed by atoms with Gasteiger partial charge in [-0.2, -0.15) is 22.0 Å². The van der Waals surface area contributed by atoms with Crippen LogP contribution in [0.1, 0.15) is 108 Å². The summed E-state index contributed by atoms with van der Waals surface area (Å²) in [7, 11) is 0. The second kappa shape index (κ2) is 12.8. The van der Waals surface area contributed by atoms with Gasteiger partial charge in [0.1, 0.15) is 17.4 Å². The highest BCUT2D eigenvalue weighted by Gasteiger charge is 2.45. The zero-order valence-electron chi connectivity index (χ0n) is 22.7. The minimum Gasteiger partial charge on any atom is -0.432 e. The molecular weight excluding hydrogens is 521 g/mol. The fraction of sp³-hybridized carbons (Fsp3) is 0.742. The number of hydrogen-bond donors (Lipinski definition) is 0. The average Bonchev–Trinajstić information content (AvgIpc) is 2.88. The second-order valence-corrected chi connectivity index (χ2v) is 12.1. The van der Waals surface area contributed by atoms with E-state index in [-0.39, 0.29) is 30.6 Å². The smallest absolute Gasteiger partial charge is 0.412 e. The molecule has 0 aliphatic heterocycles. The quantitative estimate of drug-likeness (QED) is 0.286. The molecule has 0 radical (unpaired) electrons. The van der Waals surface area contributed by atoms with Gasteiger partial charge >= 0.3 is 12.3 Å². The number of alkyl halides is 5. The molecule has 0 spiro atoms. The lowest BCUT2D eigenvalue weighted by atomic mass is 9.68. The Morgan fingerprint density at radius 2 is 1.44 bits per heavy atom. The van der Waals surface area contributed by atoms with Crippen LogP contribution in [-0.2, 0) is 0 Å². The second-order valence-electron chi connectivity index (χ2n) is 12.1. The van der Waals surface area contributed by atoms with E-state index in [0.717, 1.165) is 24.8 Å². The van der Waals surface area contributed by atoms with E-state index >= 15 is 8.78 Å². The normalized spacial score (nSPS) is 31.2. The van der Waals surface area contributed by atoms with Crippen LogP contribution in [0.5, 0.6) is 5.75 Å². The maximum absolute atomic E-state index is 15.1. The van der Waals surface area contributed by atoms with E-state index in [1.165, 1.54) is 50.7 Å². The SMILES string of the molecule is CCCC1CCC(C2CCC(C(F)(F)Oc3ccc(C4CCC(/C(F)=C/C(F)(F)F)CC4)c(F)c3)CC2)CC1. The summed E-state index contributed by atoms with van der Waals surface area (Å²) in [4.78, 5) is 0. The highest BCUT2D eigenvalue weighted by atomic mass is 19.4. The minimum absolute atomic E-state index is 0.168. The molecule has 3 aliphatic carbocycles. The Bertz CT molecular complexity index is 948. The van der Waals surface area contributed by atoms with Crippen LogP contribution in [0.15, 0.2) is 30.1 Å². The summed E-state index contributed by atoms with van der Waals surface area (Å²) in [6.07, 6.45) is 2.36. The van der Waals surface area contributed by atoms with Crippen molar-refractivity contribution in [2.75, 3.05) is 0 Å². The van der Waals surface area contributed by atoms with Crippen LogP contribution < -0.4 is 4.74 Å². The lowest BCUT2D eigenvalue weighted by Crippen LogP contribution is -2.38. The van der Waals surface area contributed by atoms with Crippen molar-refractivity contribution in [2.45, 2.75) is 115 Å². The number of hydrogen-bond acceptors (Lipinski definition) is 1. The van der Waals surface area contributed by atoms with Crippen LogP contribution >= 0.6 is 0 Å². The summed E-state index contributed by atoms with van der Waals surface area (Å²) in [6, 6.07) is 3.72. The van der Waals surface area contributed by atoms with E-state index in [0.29, 0.717) is 43.1 Å². The van der Waals surface area contributed by atoms with Crippen molar-refractivity contribution in [2.24, 2.45) is 29.6 Å². The van der Waals surface area contributed by atoms with Crippen molar-refractivity contribution >= 4 is 0 Å². The molecule has 0 saturated heterocycles. The Morgan fingerprint density at radius 3 is 1.97 bits per heavy atom. The van der Waals surface area contributed by atoms with Gasteiger partial charge in [-0.3, -0.25) is 0 Å². The van der Waals surface area contributed by atoms with Gasteiger partial charge in [-0.15, -0.1) is 0 Å². The Kier molecular flexibility index (Phi) is 9.96. The van der Waals surface area contributed by atoms with Crippen LogP contribution in [0.4, 0.5) is 30.7 Å². The molecule has 0 unspecified atom stereocenters. The van der Waals surface area contributed by atoms with Crippen molar-refractivity contribution in [3.8, 4) is 5.75 Å². The molecule has 1 aromatic carbocycles. The minimum atomic E-state index is -4.71. The number of ether oxygens (including phenoxy) is 1. The largest absolute Gasteiger partial charge is 0.432 e. The van der Waals surface area contributed by atoms with Crippen LogP contribution in [0.3, 0.4) is 0 Å². The van der Waals surface area contributed by atoms with Gasteiger partial charge < -0.3 is 4.74 Å². The number of halogens is 7. The predicted octanol–water partition coefficient (Wildman–Crippen LogP) is 10.9. The highest BCUT2D eigenvalue weighted by molar-refractivity contribution is 5.32. The zero-order chi connectivity index (χ0) is 28.2. The van der Waals surface area contributed by atoms with Gasteiger partial charge in [-0.25, -0.2) is 8.78 Å². The van der Waals surface area contributed by atoms with E-state index in [2.05, 4.69) is 6.92 Å². The maximum Gasteiger partial charge on any atom is 0.412 e. The fourth-order valence-electron chi connectivity index (χ4n) is 7.38. The molecule has 0 amide bonds. The van der Waals surface area contributed by atoms with Crippen molar-refractivity contribution in [1.29, 1.82) is 0 Å². The van der Waals surface area contributed by atoms with Gasteiger partial charge in [0.25, 0.3) is 0 Å². The van der Waals surface area contributed by atoms with Crippen molar-refractivity contribution < 1.29 is 35.5 Å². The lowest BCUT2D eigenvalue weighted by molar-refractivity contribution is -0.224. The van der Waals surface area contributed by atoms with Gasteiger partial charge in [0, 0.05) is 12.0 Å². The van der Waals surface area contributed by atoms with Gasteiger partial charge in [0.15, 0.2) is 0 Å². The summed E-state index contributed by atoms with van der Waals surface area (Å²) < 4.78 is 101. The third kappa shape index (κ3) is 8.16. The first-order valence-electron chi connectivity index (χ1n) is 14.8. The molecule has 1 nitrogen and oxygen atoms in total. The maximum atomic E-state index is 15.1. The van der Waals surface area contributed by atoms with Crippen molar-refractivity contribution in [1.82, 2.24) is 0 Å². The molecule has 3 fully saturated rings. The molecule has 0 aromatic heterocycles. The summed E-state index contributed by atoms with van der Waals surface area (Å²) in [5.74, 6) is -2.17. The average molecular weight is 563 g/mol. The standard InChI is InChI=1S/C31H41F7O/c1-2-3-20-4-6-21(7-5-20)22-12-14-25(15-13-22)31(37,38)39-26-16-17-27(28(32)18-26)23-8-10-24(11-9-23)29(33)19-30(34,35)36/h16-25H,2-15H2,1H3/b29-19-. The van der Waals surface area contributed by atoms with Gasteiger partial charge in [0.05, 0.1) is 12.0 Å². The first-order chi connectivity index (χ1) is 18.4. The molecule has 0 heterocycles. The highest BCUT2D eigenvalue weighted by Crippen LogP contribution is 2.46. The molecule has 220 valence electrons. The molecule has 4 rings (SSSR count). The van der Waals surface area contributed by atoms with E-state index in [9.17, 15) is 22.0 Å². The zero-order valence-corrected chi connectivity index (χ0v) is 22.7. The predicted molar refractivity (Wildman–Crippen MR) is 138 cm³/mol. The van der Waals surface area contributed by atoms with E-state index < -0.39 is 35.8 Å². The van der Waals surface area contributed by atoms with Crippen LogP contribution in [0, 0.1) is 35.4 Å². The Labute approximate surface area is 227 Å². The summed E-state index contributed by atoms with van der Waals surface area (Å²) in [5, 5.41) is 0. The van der Waals surface area contributed by atoms with E-state index in [1.807, 2.05) is 0 Å². The van der Waals surface area contributed by atoms with E-state index in [1.54, 1.807) is 0 Å². The lowest BCUT2D eigenvalue weighted by Gasteiger charge is -2.39. The van der Waals surface area contributed by atoms with Crippen molar-refractivity contribution in [3.05, 3.63) is 41.5 Å². The molecule has 3 saturated carbocycles. The third-order valence-corrected chi connectivity index (χ3v) is 9.59. The molecule has 39 heavy (non-hydrogen) atoms. The first kappa shape index (κ1) is 30.2. The fourth-order valence-corrected chi connectivity index (χ4v) is 7.38. The summed E-state index contributed by atoms with van der Waals surface area (Å²) in [6.45, 7) is 2.22. The summed E-state index contributed by atoms with van der Waals surface area (Å²) in [5.41, 5.74) is 0.304. The molecule has 0 atom stereocenters. The van der Waals surface area contributed by atoms with Gasteiger partial charge in [-0.1, -0.05) is 38.7 Å². The molecular formula is C31H41F7O. The first-order valence-corrected chi connectivity index (χ1v) is 14.8. The third-order valence-electron chi connectivity index (χ3n) is 9.59. The topological polar surface area (TPSA) is 9.23 Å². The molecule has 1 aromatic rings. The van der Waals surface area contributed by atoms with Crippen molar-refractivity contribution in [3.63, 3.8) is 0 Å². The molecule has 8 heteroatoms. The number of allylic oxidation sites excluding steroid dienone is 2. The Hall–Kier alpha value is -1.73. The molecule has 3 aliphatic rings. The monoisotopic (exact) mass is 562 g/mol. The molecule has 0 bridgehead atoms. The number of benzene rings is 1. The van der Waals surface area contributed by atoms with Crippen LogP contribution in [0.25, 0.3) is 0 Å². The van der Waals surface area contributed by atoms with Gasteiger partial charge in [-0.05, 0) is 99.5 Å².